The molecule has 0 aliphatic heterocycles. The quantitative estimate of drug-likeness (QED) is 0.405. The number of anilines is 1. The number of thiophene rings is 1. The molecule has 1 amide bonds. The molecule has 1 fully saturated rings. The summed E-state index contributed by atoms with van der Waals surface area (Å²) < 4.78 is 12.2. The van der Waals surface area contributed by atoms with E-state index in [1.54, 1.807) is 20.8 Å². The fraction of sp³-hybridized carbons (Fsp3) is 0.591. The monoisotopic (exact) mass is 494 g/mol. The van der Waals surface area contributed by atoms with E-state index in [1.165, 1.54) is 31.0 Å². The Hall–Kier alpha value is -2.40. The van der Waals surface area contributed by atoms with Crippen LogP contribution in [-0.4, -0.2) is 51.6 Å². The molecule has 2 aromatic heterocycles. The molecule has 3 rings (SSSR count). The van der Waals surface area contributed by atoms with Gasteiger partial charge < -0.3 is 19.4 Å². The maximum atomic E-state index is 12.7. The predicted molar refractivity (Wildman–Crippen MR) is 127 cm³/mol. The summed E-state index contributed by atoms with van der Waals surface area (Å²) in [6.07, 6.45) is 5.92. The summed E-state index contributed by atoms with van der Waals surface area (Å²) in [5.74, 6) is 0.0383. The summed E-state index contributed by atoms with van der Waals surface area (Å²) in [7, 11) is 1.93. The molecule has 0 unspecified atom stereocenters. The molecule has 180 valence electrons. The minimum absolute atomic E-state index is 0.0879. The van der Waals surface area contributed by atoms with E-state index in [2.05, 4.69) is 15.5 Å². The standard InChI is InChI=1S/C22H30N4O5S2/c1-5-30-20(28)16-13(3)17(21(29)31-6-2)33-19(16)23-15(27)12-32-22-25-24-18(26(22)4)14-10-8-7-9-11-14/h14H,5-12H2,1-4H3,(H,23,27). The van der Waals surface area contributed by atoms with E-state index in [0.717, 1.165) is 30.0 Å². The first kappa shape index (κ1) is 25.2. The molecule has 0 saturated heterocycles. The van der Waals surface area contributed by atoms with Gasteiger partial charge in [0.1, 0.15) is 15.7 Å². The van der Waals surface area contributed by atoms with Gasteiger partial charge in [-0.15, -0.1) is 21.5 Å². The molecule has 2 aromatic rings. The van der Waals surface area contributed by atoms with Gasteiger partial charge in [-0.2, -0.15) is 0 Å². The highest BCUT2D eigenvalue weighted by Crippen LogP contribution is 2.35. The Bertz CT molecular complexity index is 1010. The summed E-state index contributed by atoms with van der Waals surface area (Å²) >= 11 is 2.30. The van der Waals surface area contributed by atoms with Crippen molar-refractivity contribution in [2.24, 2.45) is 7.05 Å². The number of aromatic nitrogens is 3. The minimum atomic E-state index is -0.588. The topological polar surface area (TPSA) is 112 Å². The SMILES string of the molecule is CCOC(=O)c1sc(NC(=O)CSc2nnc(C3CCCCC3)n2C)c(C(=O)OCC)c1C. The number of thioether (sulfide) groups is 1. The van der Waals surface area contributed by atoms with Gasteiger partial charge in [0.2, 0.25) is 5.91 Å². The number of rotatable bonds is 9. The van der Waals surface area contributed by atoms with Gasteiger partial charge in [-0.05, 0) is 39.2 Å². The largest absolute Gasteiger partial charge is 0.462 e. The smallest absolute Gasteiger partial charge is 0.348 e. The third-order valence-corrected chi connectivity index (χ3v) is 7.72. The molecule has 0 radical (unpaired) electrons. The van der Waals surface area contributed by atoms with E-state index < -0.39 is 11.9 Å². The van der Waals surface area contributed by atoms with Crippen molar-refractivity contribution in [2.75, 3.05) is 24.3 Å². The lowest BCUT2D eigenvalue weighted by Crippen LogP contribution is -2.17. The maximum absolute atomic E-state index is 12.7. The van der Waals surface area contributed by atoms with Gasteiger partial charge in [0.15, 0.2) is 5.16 Å². The van der Waals surface area contributed by atoms with Crippen molar-refractivity contribution < 1.29 is 23.9 Å². The summed E-state index contributed by atoms with van der Waals surface area (Å²) in [5.41, 5.74) is 0.617. The van der Waals surface area contributed by atoms with Gasteiger partial charge >= 0.3 is 11.9 Å². The second-order valence-electron chi connectivity index (χ2n) is 7.77. The lowest BCUT2D eigenvalue weighted by molar-refractivity contribution is -0.113. The van der Waals surface area contributed by atoms with Crippen molar-refractivity contribution in [3.63, 3.8) is 0 Å². The minimum Gasteiger partial charge on any atom is -0.462 e. The van der Waals surface area contributed by atoms with E-state index in [0.29, 0.717) is 16.6 Å². The summed E-state index contributed by atoms with van der Waals surface area (Å²) in [5, 5.41) is 12.3. The molecule has 9 nitrogen and oxygen atoms in total. The zero-order valence-corrected chi connectivity index (χ0v) is 21.1. The normalized spacial score (nSPS) is 14.2. The second kappa shape index (κ2) is 11.6. The van der Waals surface area contributed by atoms with Gasteiger partial charge in [-0.3, -0.25) is 4.79 Å². The fourth-order valence-electron chi connectivity index (χ4n) is 3.90. The molecule has 1 aliphatic rings. The first-order valence-electron chi connectivity index (χ1n) is 11.2. The third-order valence-electron chi connectivity index (χ3n) is 5.51. The van der Waals surface area contributed by atoms with Crippen molar-refractivity contribution in [3.8, 4) is 0 Å². The number of ether oxygens (including phenoxy) is 2. The number of nitrogens with one attached hydrogen (secondary N) is 1. The molecule has 1 saturated carbocycles. The van der Waals surface area contributed by atoms with Crippen LogP contribution in [0.15, 0.2) is 5.16 Å². The molecular weight excluding hydrogens is 464 g/mol. The van der Waals surface area contributed by atoms with Crippen molar-refractivity contribution in [3.05, 3.63) is 21.8 Å². The van der Waals surface area contributed by atoms with Crippen LogP contribution in [0.1, 0.15) is 83.3 Å². The average Bonchev–Trinajstić information content (AvgIpc) is 3.32. The van der Waals surface area contributed by atoms with E-state index in [4.69, 9.17) is 9.47 Å². The van der Waals surface area contributed by atoms with Crippen LogP contribution in [0, 0.1) is 6.92 Å². The van der Waals surface area contributed by atoms with E-state index in [1.807, 2.05) is 11.6 Å². The van der Waals surface area contributed by atoms with Crippen molar-refractivity contribution in [2.45, 2.75) is 63.9 Å². The fourth-order valence-corrected chi connectivity index (χ4v) is 5.73. The number of carbonyl (C=O) groups is 3. The predicted octanol–water partition coefficient (Wildman–Crippen LogP) is 4.32. The summed E-state index contributed by atoms with van der Waals surface area (Å²) in [4.78, 5) is 37.7. The molecule has 33 heavy (non-hydrogen) atoms. The number of hydrogen-bond donors (Lipinski definition) is 1. The zero-order valence-electron chi connectivity index (χ0n) is 19.4. The van der Waals surface area contributed by atoms with Crippen LogP contribution in [0.2, 0.25) is 0 Å². The zero-order chi connectivity index (χ0) is 24.0. The lowest BCUT2D eigenvalue weighted by atomic mass is 9.89. The first-order valence-corrected chi connectivity index (χ1v) is 13.0. The van der Waals surface area contributed by atoms with Gasteiger partial charge in [0.25, 0.3) is 0 Å². The molecule has 0 bridgehead atoms. The highest BCUT2D eigenvalue weighted by Gasteiger charge is 2.28. The van der Waals surface area contributed by atoms with E-state index in [9.17, 15) is 14.4 Å². The molecule has 11 heteroatoms. The highest BCUT2D eigenvalue weighted by atomic mass is 32.2. The Morgan fingerprint density at radius 1 is 1.09 bits per heavy atom. The summed E-state index contributed by atoms with van der Waals surface area (Å²) in [6, 6.07) is 0. The van der Waals surface area contributed by atoms with Crippen LogP contribution >= 0.6 is 23.1 Å². The Morgan fingerprint density at radius 2 is 1.76 bits per heavy atom. The third kappa shape index (κ3) is 5.94. The van der Waals surface area contributed by atoms with E-state index in [-0.39, 0.29) is 40.3 Å². The number of carbonyl (C=O) groups excluding carboxylic acids is 3. The number of nitrogens with zero attached hydrogens (tertiary/aromatic N) is 3. The number of hydrogen-bond acceptors (Lipinski definition) is 9. The Balaban J connectivity index is 1.71. The molecule has 1 N–H and O–H groups in total. The van der Waals surface area contributed by atoms with Crippen LogP contribution in [-0.2, 0) is 21.3 Å². The van der Waals surface area contributed by atoms with Crippen LogP contribution in [0.3, 0.4) is 0 Å². The molecule has 2 heterocycles. The number of amides is 1. The lowest BCUT2D eigenvalue weighted by Gasteiger charge is -2.20. The Labute approximate surface area is 201 Å². The van der Waals surface area contributed by atoms with Gasteiger partial charge in [-0.1, -0.05) is 31.0 Å². The maximum Gasteiger partial charge on any atom is 0.348 e. The molecule has 0 aromatic carbocycles. The van der Waals surface area contributed by atoms with Crippen LogP contribution in [0.4, 0.5) is 5.00 Å². The van der Waals surface area contributed by atoms with Crippen LogP contribution in [0.5, 0.6) is 0 Å². The molecular formula is C22H30N4O5S2. The summed E-state index contributed by atoms with van der Waals surface area (Å²) in [6.45, 7) is 5.44. The molecule has 1 aliphatic carbocycles. The van der Waals surface area contributed by atoms with Gasteiger partial charge in [-0.25, -0.2) is 9.59 Å². The van der Waals surface area contributed by atoms with Crippen molar-refractivity contribution in [1.82, 2.24) is 14.8 Å². The Morgan fingerprint density at radius 3 is 2.42 bits per heavy atom. The first-order chi connectivity index (χ1) is 15.9. The van der Waals surface area contributed by atoms with E-state index >= 15 is 0 Å². The Kier molecular flexibility index (Phi) is 8.90. The van der Waals surface area contributed by atoms with Gasteiger partial charge in [0, 0.05) is 13.0 Å². The molecule has 0 spiro atoms. The van der Waals surface area contributed by atoms with Crippen molar-refractivity contribution in [1.29, 1.82) is 0 Å². The number of esters is 2. The highest BCUT2D eigenvalue weighted by molar-refractivity contribution is 7.99. The van der Waals surface area contributed by atoms with Crippen LogP contribution in [0.25, 0.3) is 0 Å². The van der Waals surface area contributed by atoms with Crippen LogP contribution < -0.4 is 5.32 Å². The van der Waals surface area contributed by atoms with Crippen molar-refractivity contribution >= 4 is 45.9 Å². The second-order valence-corrected chi connectivity index (χ2v) is 9.74. The molecule has 0 atom stereocenters. The van der Waals surface area contributed by atoms with Gasteiger partial charge in [0.05, 0.1) is 24.5 Å². The average molecular weight is 495 g/mol.